The van der Waals surface area contributed by atoms with E-state index in [1.807, 2.05) is 24.3 Å². The Bertz CT molecular complexity index is 858. The van der Waals surface area contributed by atoms with Crippen molar-refractivity contribution in [2.45, 2.75) is 17.9 Å². The normalized spacial score (nSPS) is 14.5. The highest BCUT2D eigenvalue weighted by atomic mass is 32.2. The van der Waals surface area contributed by atoms with Crippen LogP contribution in [0.3, 0.4) is 0 Å². The maximum absolute atomic E-state index is 13.6. The molecule has 1 aliphatic rings. The summed E-state index contributed by atoms with van der Waals surface area (Å²) in [6, 6.07) is 9.49. The smallest absolute Gasteiger partial charge is 0.237 e. The van der Waals surface area contributed by atoms with Crippen molar-refractivity contribution in [3.05, 3.63) is 59.4 Å². The van der Waals surface area contributed by atoms with Crippen LogP contribution in [0.5, 0.6) is 0 Å². The number of aliphatic imine (C=N–C) groups is 1. The number of thioether (sulfide) groups is 2. The molecule has 1 N–H and O–H groups in total. The van der Waals surface area contributed by atoms with Gasteiger partial charge in [0, 0.05) is 5.75 Å². The van der Waals surface area contributed by atoms with E-state index in [9.17, 15) is 18.0 Å². The van der Waals surface area contributed by atoms with Gasteiger partial charge in [-0.3, -0.25) is 4.79 Å². The first-order valence-electron chi connectivity index (χ1n) is 7.36. The second-order valence-corrected chi connectivity index (χ2v) is 7.82. The first-order valence-corrected chi connectivity index (χ1v) is 9.22. The second kappa shape index (κ2) is 7.53. The summed E-state index contributed by atoms with van der Waals surface area (Å²) in [5.41, 5.74) is 1.60. The van der Waals surface area contributed by atoms with E-state index in [2.05, 4.69) is 10.3 Å². The lowest BCUT2D eigenvalue weighted by molar-refractivity contribution is -0.115. The molecule has 0 saturated heterocycles. The maximum Gasteiger partial charge on any atom is 0.237 e. The number of hydrogen-bond acceptors (Lipinski definition) is 4. The number of para-hydroxylation sites is 1. The largest absolute Gasteiger partial charge is 0.323 e. The van der Waals surface area contributed by atoms with Crippen LogP contribution in [0.1, 0.15) is 12.5 Å². The van der Waals surface area contributed by atoms with Crippen LogP contribution >= 0.6 is 23.5 Å². The molecule has 1 unspecified atom stereocenters. The summed E-state index contributed by atoms with van der Waals surface area (Å²) in [6.45, 7) is 1.64. The highest BCUT2D eigenvalue weighted by Gasteiger charge is 2.22. The number of carbonyl (C=O) groups excluding carboxylic acids is 1. The van der Waals surface area contributed by atoms with Gasteiger partial charge in [-0.25, -0.2) is 18.2 Å². The van der Waals surface area contributed by atoms with Gasteiger partial charge < -0.3 is 5.32 Å². The Labute approximate surface area is 151 Å². The number of fused-ring (bicyclic) bond motifs is 1. The Kier molecular flexibility index (Phi) is 5.39. The minimum atomic E-state index is -1.61. The summed E-state index contributed by atoms with van der Waals surface area (Å²) in [6.07, 6.45) is 0. The molecule has 1 heterocycles. The molecule has 3 rings (SSSR count). The molecule has 1 amide bonds. The second-order valence-electron chi connectivity index (χ2n) is 5.27. The molecule has 1 atom stereocenters. The number of hydrogen-bond donors (Lipinski definition) is 1. The maximum atomic E-state index is 13.6. The molecule has 8 heteroatoms. The fraction of sp³-hybridized carbons (Fsp3) is 0.176. The third kappa shape index (κ3) is 4.01. The molecule has 3 nitrogen and oxygen atoms in total. The molecular weight excluding hydrogens is 369 g/mol. The molecule has 2 aromatic carbocycles. The molecule has 0 aromatic heterocycles. The third-order valence-electron chi connectivity index (χ3n) is 3.49. The molecule has 0 fully saturated rings. The Morgan fingerprint density at radius 3 is 2.76 bits per heavy atom. The Morgan fingerprint density at radius 2 is 1.96 bits per heavy atom. The van der Waals surface area contributed by atoms with E-state index in [1.165, 1.54) is 23.5 Å². The first-order chi connectivity index (χ1) is 12.0. The van der Waals surface area contributed by atoms with Gasteiger partial charge in [-0.2, -0.15) is 0 Å². The summed E-state index contributed by atoms with van der Waals surface area (Å²) in [5, 5.41) is 1.70. The fourth-order valence-corrected chi connectivity index (χ4v) is 4.32. The van der Waals surface area contributed by atoms with Crippen molar-refractivity contribution < 1.29 is 18.0 Å². The molecule has 25 heavy (non-hydrogen) atoms. The summed E-state index contributed by atoms with van der Waals surface area (Å²) >= 11 is 2.75. The van der Waals surface area contributed by atoms with Crippen LogP contribution in [-0.2, 0) is 10.5 Å². The number of anilines is 1. The summed E-state index contributed by atoms with van der Waals surface area (Å²) < 4.78 is 40.5. The zero-order valence-electron chi connectivity index (χ0n) is 13.1. The topological polar surface area (TPSA) is 41.5 Å². The van der Waals surface area contributed by atoms with Crippen molar-refractivity contribution in [3.8, 4) is 0 Å². The lowest BCUT2D eigenvalue weighted by Gasteiger charge is -2.17. The quantitative estimate of drug-likeness (QED) is 0.751. The number of carbonyl (C=O) groups is 1. The summed E-state index contributed by atoms with van der Waals surface area (Å²) in [5.74, 6) is -4.08. The van der Waals surface area contributed by atoms with E-state index in [0.717, 1.165) is 33.5 Å². The molecule has 130 valence electrons. The molecule has 0 bridgehead atoms. The van der Waals surface area contributed by atoms with Gasteiger partial charge in [0.1, 0.15) is 4.38 Å². The first kappa shape index (κ1) is 17.9. The van der Waals surface area contributed by atoms with Crippen LogP contribution in [0.4, 0.5) is 24.5 Å². The van der Waals surface area contributed by atoms with Crippen molar-refractivity contribution in [2.24, 2.45) is 4.99 Å². The van der Waals surface area contributed by atoms with Gasteiger partial charge in [0.15, 0.2) is 17.5 Å². The predicted molar refractivity (Wildman–Crippen MR) is 96.8 cm³/mol. The number of benzene rings is 2. The molecule has 0 radical (unpaired) electrons. The monoisotopic (exact) mass is 382 g/mol. The van der Waals surface area contributed by atoms with Gasteiger partial charge in [0.05, 0.1) is 16.6 Å². The number of nitrogens with zero attached hydrogens (tertiary/aromatic N) is 1. The molecule has 0 aliphatic carbocycles. The van der Waals surface area contributed by atoms with E-state index in [0.29, 0.717) is 0 Å². The van der Waals surface area contributed by atoms with Crippen molar-refractivity contribution in [1.29, 1.82) is 0 Å². The van der Waals surface area contributed by atoms with Crippen LogP contribution in [-0.4, -0.2) is 15.5 Å². The summed E-state index contributed by atoms with van der Waals surface area (Å²) in [4.78, 5) is 16.7. The number of amides is 1. The number of halogens is 3. The number of nitrogens with one attached hydrogen (secondary N) is 1. The van der Waals surface area contributed by atoms with Gasteiger partial charge in [0.2, 0.25) is 5.91 Å². The minimum Gasteiger partial charge on any atom is -0.323 e. The van der Waals surface area contributed by atoms with E-state index in [4.69, 9.17) is 0 Å². The molecule has 0 saturated carbocycles. The van der Waals surface area contributed by atoms with Crippen LogP contribution < -0.4 is 5.32 Å². The number of rotatable bonds is 3. The van der Waals surface area contributed by atoms with Crippen molar-refractivity contribution in [3.63, 3.8) is 0 Å². The average Bonchev–Trinajstić information content (AvgIpc) is 2.62. The average molecular weight is 382 g/mol. The third-order valence-corrected chi connectivity index (χ3v) is 5.79. The minimum absolute atomic E-state index is 0.389. The van der Waals surface area contributed by atoms with E-state index >= 15 is 0 Å². The van der Waals surface area contributed by atoms with Gasteiger partial charge in [0.25, 0.3) is 0 Å². The Balaban J connectivity index is 1.68. The van der Waals surface area contributed by atoms with Crippen LogP contribution in [0.15, 0.2) is 41.4 Å². The van der Waals surface area contributed by atoms with Crippen LogP contribution in [0, 0.1) is 17.5 Å². The van der Waals surface area contributed by atoms with Gasteiger partial charge in [-0.1, -0.05) is 41.7 Å². The molecule has 0 spiro atoms. The molecule has 1 aliphatic heterocycles. The zero-order valence-corrected chi connectivity index (χ0v) is 14.7. The molecular formula is C17H13F3N2OS2. The molecule has 2 aromatic rings. The van der Waals surface area contributed by atoms with Gasteiger partial charge >= 0.3 is 0 Å². The standard InChI is InChI=1S/C17H13F3N2OS2/c1-9(16(23)21-13-7-6-11(18)14(19)15(13)20)25-17-22-12-5-3-2-4-10(12)8-24-17/h2-7,9H,8H2,1H3,(H,21,23). The van der Waals surface area contributed by atoms with Crippen molar-refractivity contribution >= 4 is 45.2 Å². The summed E-state index contributed by atoms with van der Waals surface area (Å²) in [7, 11) is 0. The zero-order chi connectivity index (χ0) is 18.0. The van der Waals surface area contributed by atoms with Gasteiger partial charge in [-0.15, -0.1) is 0 Å². The highest BCUT2D eigenvalue weighted by molar-refractivity contribution is 8.39. The van der Waals surface area contributed by atoms with E-state index in [1.54, 1.807) is 6.92 Å². The predicted octanol–water partition coefficient (Wildman–Crippen LogP) is 5.10. The van der Waals surface area contributed by atoms with Crippen LogP contribution in [0.25, 0.3) is 0 Å². The highest BCUT2D eigenvalue weighted by Crippen LogP contribution is 2.36. The lowest BCUT2D eigenvalue weighted by Crippen LogP contribution is -2.24. The van der Waals surface area contributed by atoms with E-state index in [-0.39, 0.29) is 5.69 Å². The van der Waals surface area contributed by atoms with E-state index < -0.39 is 28.6 Å². The van der Waals surface area contributed by atoms with Crippen molar-refractivity contribution in [1.82, 2.24) is 0 Å². The fourth-order valence-electron chi connectivity index (χ4n) is 2.13. The SMILES string of the molecule is CC(SC1=Nc2ccccc2CS1)C(=O)Nc1ccc(F)c(F)c1F. The van der Waals surface area contributed by atoms with Gasteiger partial charge in [-0.05, 0) is 30.7 Å². The Morgan fingerprint density at radius 1 is 1.20 bits per heavy atom. The van der Waals surface area contributed by atoms with Crippen molar-refractivity contribution in [2.75, 3.05) is 5.32 Å². The lowest BCUT2D eigenvalue weighted by atomic mass is 10.2. The Hall–Kier alpha value is -1.93. The van der Waals surface area contributed by atoms with Crippen LogP contribution in [0.2, 0.25) is 0 Å².